The fraction of sp³-hybridized carbons (Fsp3) is 0.160. The number of hydrogen-bond acceptors (Lipinski definition) is 3. The van der Waals surface area contributed by atoms with Gasteiger partial charge in [0.1, 0.15) is 0 Å². The maximum Gasteiger partial charge on any atom is 0.335 e. The molecule has 3 aromatic rings. The minimum absolute atomic E-state index is 0.0977. The summed E-state index contributed by atoms with van der Waals surface area (Å²) in [5.41, 5.74) is 5.07. The summed E-state index contributed by atoms with van der Waals surface area (Å²) >= 11 is 0. The van der Waals surface area contributed by atoms with Gasteiger partial charge in [0.25, 0.3) is 11.8 Å². The van der Waals surface area contributed by atoms with Gasteiger partial charge in [-0.3, -0.25) is 9.59 Å². The topological polar surface area (TPSA) is 111 Å². The molecule has 0 aliphatic carbocycles. The zero-order valence-electron chi connectivity index (χ0n) is 17.9. The first-order valence-electron chi connectivity index (χ1n) is 10.2. The standard InChI is InChI=1S/C25H23N3O4/c1-13-21(12-19-18-11-17(25(31)32)9-10-20(18)28-23(19)29)26-15(3)22(13)24(30)27-14(2)16-7-5-4-6-8-16/h4-12,14,26H,1-3H3,(H,27,30)(H,28,29)(H,31,32)/b19-12-/t14-/m1/s1. The summed E-state index contributed by atoms with van der Waals surface area (Å²) in [6, 6.07) is 14.0. The molecular weight excluding hydrogens is 406 g/mol. The predicted octanol–water partition coefficient (Wildman–Crippen LogP) is 4.31. The van der Waals surface area contributed by atoms with Crippen molar-refractivity contribution in [3.05, 3.63) is 87.7 Å². The van der Waals surface area contributed by atoms with Crippen LogP contribution in [0.5, 0.6) is 0 Å². The molecule has 0 fully saturated rings. The molecule has 2 aromatic carbocycles. The van der Waals surface area contributed by atoms with Crippen molar-refractivity contribution in [2.45, 2.75) is 26.8 Å². The number of aromatic nitrogens is 1. The van der Waals surface area contributed by atoms with Gasteiger partial charge in [-0.1, -0.05) is 30.3 Å². The van der Waals surface area contributed by atoms with Gasteiger partial charge in [-0.2, -0.15) is 0 Å². The molecule has 0 spiro atoms. The summed E-state index contributed by atoms with van der Waals surface area (Å²) in [7, 11) is 0. The quantitative estimate of drug-likeness (QED) is 0.453. The Kier molecular flexibility index (Phi) is 5.40. The number of anilines is 1. The third-order valence-electron chi connectivity index (χ3n) is 5.69. The molecule has 0 radical (unpaired) electrons. The molecule has 4 N–H and O–H groups in total. The maximum absolute atomic E-state index is 13.0. The molecule has 2 amide bonds. The summed E-state index contributed by atoms with van der Waals surface area (Å²) in [4.78, 5) is 40.1. The number of hydrogen-bond donors (Lipinski definition) is 4. The summed E-state index contributed by atoms with van der Waals surface area (Å²) < 4.78 is 0. The average Bonchev–Trinajstić information content (AvgIpc) is 3.23. The van der Waals surface area contributed by atoms with Crippen LogP contribution in [0.4, 0.5) is 5.69 Å². The molecule has 0 bridgehead atoms. The summed E-state index contributed by atoms with van der Waals surface area (Å²) in [6.45, 7) is 5.55. The van der Waals surface area contributed by atoms with Crippen molar-refractivity contribution in [2.24, 2.45) is 0 Å². The number of aryl methyl sites for hydroxylation is 1. The van der Waals surface area contributed by atoms with Gasteiger partial charge >= 0.3 is 5.97 Å². The Bertz CT molecular complexity index is 1270. The Morgan fingerprint density at radius 3 is 2.50 bits per heavy atom. The molecule has 0 saturated carbocycles. The summed E-state index contributed by atoms with van der Waals surface area (Å²) in [6.07, 6.45) is 1.66. The molecule has 1 aromatic heterocycles. The molecule has 0 unspecified atom stereocenters. The van der Waals surface area contributed by atoms with Crippen LogP contribution in [0, 0.1) is 13.8 Å². The largest absolute Gasteiger partial charge is 0.478 e. The van der Waals surface area contributed by atoms with Crippen molar-refractivity contribution in [1.82, 2.24) is 10.3 Å². The van der Waals surface area contributed by atoms with Gasteiger partial charge in [0, 0.05) is 22.6 Å². The van der Waals surface area contributed by atoms with Gasteiger partial charge < -0.3 is 20.7 Å². The number of aromatic amines is 1. The van der Waals surface area contributed by atoms with E-state index in [-0.39, 0.29) is 23.4 Å². The lowest BCUT2D eigenvalue weighted by molar-refractivity contribution is -0.110. The highest BCUT2D eigenvalue weighted by molar-refractivity contribution is 6.35. The summed E-state index contributed by atoms with van der Waals surface area (Å²) in [5.74, 6) is -1.59. The second-order valence-corrected chi connectivity index (χ2v) is 7.85. The van der Waals surface area contributed by atoms with Gasteiger partial charge in [0.2, 0.25) is 0 Å². The SMILES string of the molecule is Cc1[nH]c(/C=C2\C(=O)Nc3ccc(C(=O)O)cc32)c(C)c1C(=O)N[C@H](C)c1ccccc1. The number of amides is 2. The van der Waals surface area contributed by atoms with Crippen LogP contribution < -0.4 is 10.6 Å². The zero-order chi connectivity index (χ0) is 23.0. The van der Waals surface area contributed by atoms with E-state index >= 15 is 0 Å². The summed E-state index contributed by atoms with van der Waals surface area (Å²) in [5, 5.41) is 15.1. The van der Waals surface area contributed by atoms with Crippen LogP contribution in [0.15, 0.2) is 48.5 Å². The molecular formula is C25H23N3O4. The van der Waals surface area contributed by atoms with Gasteiger partial charge in [-0.15, -0.1) is 0 Å². The fourth-order valence-corrected chi connectivity index (χ4v) is 3.96. The molecule has 162 valence electrons. The molecule has 7 nitrogen and oxygen atoms in total. The molecule has 0 saturated heterocycles. The van der Waals surface area contributed by atoms with Crippen LogP contribution in [-0.4, -0.2) is 27.9 Å². The number of aromatic carboxylic acids is 1. The smallest absolute Gasteiger partial charge is 0.335 e. The average molecular weight is 429 g/mol. The van der Waals surface area contributed by atoms with E-state index in [1.54, 1.807) is 12.1 Å². The molecule has 1 aliphatic rings. The number of carboxylic acid groups (broad SMARTS) is 1. The highest BCUT2D eigenvalue weighted by Crippen LogP contribution is 2.34. The van der Waals surface area contributed by atoms with Gasteiger partial charge in [0.05, 0.1) is 22.7 Å². The first kappa shape index (κ1) is 21.1. The van der Waals surface area contributed by atoms with E-state index in [0.717, 1.165) is 5.56 Å². The van der Waals surface area contributed by atoms with Crippen LogP contribution in [0.2, 0.25) is 0 Å². The molecule has 1 aliphatic heterocycles. The normalized spacial score (nSPS) is 14.7. The van der Waals surface area contributed by atoms with Gasteiger partial charge in [-0.25, -0.2) is 4.79 Å². The second-order valence-electron chi connectivity index (χ2n) is 7.85. The van der Waals surface area contributed by atoms with Crippen LogP contribution in [0.25, 0.3) is 11.6 Å². The number of carbonyl (C=O) groups excluding carboxylic acids is 2. The van der Waals surface area contributed by atoms with E-state index in [4.69, 9.17) is 0 Å². The van der Waals surface area contributed by atoms with E-state index in [1.165, 1.54) is 12.1 Å². The number of carbonyl (C=O) groups is 3. The number of carboxylic acids is 1. The van der Waals surface area contributed by atoms with Crippen molar-refractivity contribution in [3.63, 3.8) is 0 Å². The van der Waals surface area contributed by atoms with E-state index < -0.39 is 5.97 Å². The van der Waals surface area contributed by atoms with Gasteiger partial charge in [0.15, 0.2) is 0 Å². The third kappa shape index (κ3) is 3.80. The van der Waals surface area contributed by atoms with Crippen LogP contribution in [0.1, 0.15) is 61.8 Å². The Morgan fingerprint density at radius 1 is 1.09 bits per heavy atom. The number of benzene rings is 2. The highest BCUT2D eigenvalue weighted by Gasteiger charge is 2.27. The van der Waals surface area contributed by atoms with E-state index in [1.807, 2.05) is 51.1 Å². The van der Waals surface area contributed by atoms with Crippen molar-refractivity contribution in [3.8, 4) is 0 Å². The predicted molar refractivity (Wildman–Crippen MR) is 122 cm³/mol. The lowest BCUT2D eigenvalue weighted by Gasteiger charge is -2.14. The monoisotopic (exact) mass is 429 g/mol. The number of H-pyrrole nitrogens is 1. The Morgan fingerprint density at radius 2 is 1.81 bits per heavy atom. The highest BCUT2D eigenvalue weighted by atomic mass is 16.4. The lowest BCUT2D eigenvalue weighted by Crippen LogP contribution is -2.27. The van der Waals surface area contributed by atoms with Crippen LogP contribution in [-0.2, 0) is 4.79 Å². The molecule has 4 rings (SSSR count). The Labute approximate surface area is 185 Å². The first-order chi connectivity index (χ1) is 15.3. The lowest BCUT2D eigenvalue weighted by atomic mass is 10.0. The maximum atomic E-state index is 13.0. The number of fused-ring (bicyclic) bond motifs is 1. The van der Waals surface area contributed by atoms with E-state index in [9.17, 15) is 19.5 Å². The van der Waals surface area contributed by atoms with Crippen LogP contribution in [0.3, 0.4) is 0 Å². The number of nitrogens with one attached hydrogen (secondary N) is 3. The van der Waals surface area contributed by atoms with E-state index in [0.29, 0.717) is 39.3 Å². The molecule has 32 heavy (non-hydrogen) atoms. The minimum Gasteiger partial charge on any atom is -0.478 e. The Hall–Kier alpha value is -4.13. The number of rotatable bonds is 5. The first-order valence-corrected chi connectivity index (χ1v) is 10.2. The third-order valence-corrected chi connectivity index (χ3v) is 5.69. The second kappa shape index (κ2) is 8.19. The molecule has 2 heterocycles. The van der Waals surface area contributed by atoms with Crippen molar-refractivity contribution < 1.29 is 19.5 Å². The zero-order valence-corrected chi connectivity index (χ0v) is 17.9. The molecule has 1 atom stereocenters. The van der Waals surface area contributed by atoms with Crippen molar-refractivity contribution >= 4 is 35.1 Å². The minimum atomic E-state index is -1.06. The fourth-order valence-electron chi connectivity index (χ4n) is 3.96. The van der Waals surface area contributed by atoms with Crippen LogP contribution >= 0.6 is 0 Å². The van der Waals surface area contributed by atoms with Crippen molar-refractivity contribution in [2.75, 3.05) is 5.32 Å². The van der Waals surface area contributed by atoms with E-state index in [2.05, 4.69) is 15.6 Å². The van der Waals surface area contributed by atoms with Crippen molar-refractivity contribution in [1.29, 1.82) is 0 Å². The van der Waals surface area contributed by atoms with Gasteiger partial charge in [-0.05, 0) is 56.2 Å². The molecule has 7 heteroatoms. The Balaban J connectivity index is 1.66.